The second-order valence-corrected chi connectivity index (χ2v) is 7.57. The van der Waals surface area contributed by atoms with Crippen LogP contribution < -0.4 is 10.0 Å². The van der Waals surface area contributed by atoms with E-state index >= 15 is 0 Å². The SMILES string of the molecule is CCCS(=O)(=O)N[C@@H](CC(C)C)C(=O)NCc1cccnc1. The molecule has 0 radical (unpaired) electrons. The molecule has 1 atom stereocenters. The molecule has 1 aromatic heterocycles. The molecule has 0 unspecified atom stereocenters. The minimum absolute atomic E-state index is 0.0253. The van der Waals surface area contributed by atoms with Crippen LogP contribution in [0.3, 0.4) is 0 Å². The quantitative estimate of drug-likeness (QED) is 0.718. The summed E-state index contributed by atoms with van der Waals surface area (Å²) in [6, 6.07) is 2.90. The maximum atomic E-state index is 12.3. The Kier molecular flexibility index (Phi) is 7.47. The van der Waals surface area contributed by atoms with Crippen molar-refractivity contribution in [2.75, 3.05) is 5.75 Å². The fourth-order valence-corrected chi connectivity index (χ4v) is 3.33. The molecular formula is C15H25N3O3S. The van der Waals surface area contributed by atoms with Gasteiger partial charge in [-0.1, -0.05) is 26.8 Å². The van der Waals surface area contributed by atoms with E-state index in [0.717, 1.165) is 5.56 Å². The fraction of sp³-hybridized carbons (Fsp3) is 0.600. The van der Waals surface area contributed by atoms with Crippen molar-refractivity contribution < 1.29 is 13.2 Å². The van der Waals surface area contributed by atoms with Gasteiger partial charge in [0.05, 0.1) is 5.75 Å². The Bertz CT molecular complexity index is 559. The van der Waals surface area contributed by atoms with Crippen LogP contribution in [0.5, 0.6) is 0 Å². The lowest BCUT2D eigenvalue weighted by molar-refractivity contribution is -0.123. The van der Waals surface area contributed by atoms with Crippen molar-refractivity contribution in [3.63, 3.8) is 0 Å². The zero-order chi connectivity index (χ0) is 16.6. The molecule has 1 amide bonds. The molecular weight excluding hydrogens is 302 g/mol. The Morgan fingerprint density at radius 1 is 1.36 bits per heavy atom. The lowest BCUT2D eigenvalue weighted by Crippen LogP contribution is -2.47. The number of sulfonamides is 1. The topological polar surface area (TPSA) is 88.2 Å². The van der Waals surface area contributed by atoms with E-state index in [0.29, 0.717) is 19.4 Å². The number of aromatic nitrogens is 1. The molecule has 0 bridgehead atoms. The third-order valence-corrected chi connectivity index (χ3v) is 4.60. The molecule has 0 aliphatic rings. The van der Waals surface area contributed by atoms with Crippen LogP contribution in [0.4, 0.5) is 0 Å². The van der Waals surface area contributed by atoms with Crippen LogP contribution >= 0.6 is 0 Å². The van der Waals surface area contributed by atoms with Gasteiger partial charge in [0, 0.05) is 18.9 Å². The van der Waals surface area contributed by atoms with Crippen LogP contribution in [-0.2, 0) is 21.4 Å². The predicted octanol–water partition coefficient (Wildman–Crippen LogP) is 1.44. The third kappa shape index (κ3) is 7.00. The molecule has 0 aliphatic carbocycles. The van der Waals surface area contributed by atoms with E-state index in [4.69, 9.17) is 0 Å². The van der Waals surface area contributed by atoms with Crippen molar-refractivity contribution in [3.05, 3.63) is 30.1 Å². The van der Waals surface area contributed by atoms with E-state index in [2.05, 4.69) is 15.0 Å². The van der Waals surface area contributed by atoms with Gasteiger partial charge in [-0.25, -0.2) is 13.1 Å². The highest BCUT2D eigenvalue weighted by Gasteiger charge is 2.24. The Morgan fingerprint density at radius 3 is 2.64 bits per heavy atom. The number of carbonyl (C=O) groups excluding carboxylic acids is 1. The lowest BCUT2D eigenvalue weighted by atomic mass is 10.0. The summed E-state index contributed by atoms with van der Waals surface area (Å²) in [7, 11) is -3.43. The molecule has 0 aliphatic heterocycles. The monoisotopic (exact) mass is 327 g/mol. The number of amides is 1. The summed E-state index contributed by atoms with van der Waals surface area (Å²) in [5.74, 6) is -0.0759. The second kappa shape index (κ2) is 8.85. The number of hydrogen-bond donors (Lipinski definition) is 2. The van der Waals surface area contributed by atoms with Crippen LogP contribution in [0.2, 0.25) is 0 Å². The number of carbonyl (C=O) groups is 1. The Balaban J connectivity index is 2.68. The summed E-state index contributed by atoms with van der Waals surface area (Å²) in [6.45, 7) is 6.03. The molecule has 0 aromatic carbocycles. The predicted molar refractivity (Wildman–Crippen MR) is 86.5 cm³/mol. The highest BCUT2D eigenvalue weighted by molar-refractivity contribution is 7.89. The first-order valence-electron chi connectivity index (χ1n) is 7.50. The van der Waals surface area contributed by atoms with Crippen LogP contribution in [-0.4, -0.2) is 31.1 Å². The van der Waals surface area contributed by atoms with Gasteiger partial charge in [-0.2, -0.15) is 0 Å². The first kappa shape index (κ1) is 18.6. The molecule has 1 rings (SSSR count). The van der Waals surface area contributed by atoms with Gasteiger partial charge < -0.3 is 5.32 Å². The average molecular weight is 327 g/mol. The zero-order valence-corrected chi connectivity index (χ0v) is 14.2. The second-order valence-electron chi connectivity index (χ2n) is 5.70. The van der Waals surface area contributed by atoms with Crippen LogP contribution in [0.1, 0.15) is 39.2 Å². The lowest BCUT2D eigenvalue weighted by Gasteiger charge is -2.20. The normalized spacial score (nSPS) is 13.1. The zero-order valence-electron chi connectivity index (χ0n) is 13.4. The molecule has 7 heteroatoms. The third-order valence-electron chi connectivity index (χ3n) is 3.01. The van der Waals surface area contributed by atoms with E-state index in [1.807, 2.05) is 19.9 Å². The standard InChI is InChI=1S/C15H25N3O3S/c1-4-8-22(20,21)18-14(9-12(2)3)15(19)17-11-13-6-5-7-16-10-13/h5-7,10,12,14,18H,4,8-9,11H2,1-3H3,(H,17,19)/t14-/m0/s1. The summed E-state index contributed by atoms with van der Waals surface area (Å²) >= 11 is 0. The molecule has 2 N–H and O–H groups in total. The molecule has 1 heterocycles. The molecule has 0 saturated carbocycles. The summed E-state index contributed by atoms with van der Waals surface area (Å²) in [5, 5.41) is 2.76. The summed E-state index contributed by atoms with van der Waals surface area (Å²) in [5.41, 5.74) is 0.871. The number of nitrogens with one attached hydrogen (secondary N) is 2. The largest absolute Gasteiger partial charge is 0.351 e. The summed E-state index contributed by atoms with van der Waals surface area (Å²) < 4.78 is 26.3. The van der Waals surface area contributed by atoms with Crippen molar-refractivity contribution >= 4 is 15.9 Å². The molecule has 0 fully saturated rings. The highest BCUT2D eigenvalue weighted by atomic mass is 32.2. The maximum absolute atomic E-state index is 12.3. The summed E-state index contributed by atoms with van der Waals surface area (Å²) in [4.78, 5) is 16.3. The van der Waals surface area contributed by atoms with Crippen LogP contribution in [0.25, 0.3) is 0 Å². The van der Waals surface area contributed by atoms with Crippen molar-refractivity contribution in [1.29, 1.82) is 0 Å². The van der Waals surface area contributed by atoms with E-state index in [-0.39, 0.29) is 17.6 Å². The minimum Gasteiger partial charge on any atom is -0.351 e. The molecule has 124 valence electrons. The highest BCUT2D eigenvalue weighted by Crippen LogP contribution is 2.07. The number of rotatable bonds is 9. The van der Waals surface area contributed by atoms with E-state index in [1.54, 1.807) is 25.4 Å². The van der Waals surface area contributed by atoms with Crippen molar-refractivity contribution in [2.24, 2.45) is 5.92 Å². The molecule has 0 saturated heterocycles. The number of hydrogen-bond acceptors (Lipinski definition) is 4. The Hall–Kier alpha value is -1.47. The number of pyridine rings is 1. The molecule has 0 spiro atoms. The van der Waals surface area contributed by atoms with Crippen molar-refractivity contribution in [3.8, 4) is 0 Å². The van der Waals surface area contributed by atoms with Gasteiger partial charge in [-0.3, -0.25) is 9.78 Å². The number of nitrogens with zero attached hydrogens (tertiary/aromatic N) is 1. The maximum Gasteiger partial charge on any atom is 0.238 e. The van der Waals surface area contributed by atoms with Gasteiger partial charge in [0.25, 0.3) is 0 Å². The molecule has 1 aromatic rings. The van der Waals surface area contributed by atoms with Gasteiger partial charge in [-0.05, 0) is 30.4 Å². The molecule has 22 heavy (non-hydrogen) atoms. The first-order chi connectivity index (χ1) is 10.3. The van der Waals surface area contributed by atoms with E-state index < -0.39 is 16.1 Å². The van der Waals surface area contributed by atoms with Gasteiger partial charge in [0.2, 0.25) is 15.9 Å². The van der Waals surface area contributed by atoms with Crippen LogP contribution in [0.15, 0.2) is 24.5 Å². The Labute approximate surface area is 132 Å². The summed E-state index contributed by atoms with van der Waals surface area (Å²) in [6.07, 6.45) is 4.30. The molecule has 6 nitrogen and oxygen atoms in total. The Morgan fingerprint density at radius 2 is 2.09 bits per heavy atom. The average Bonchev–Trinajstić information content (AvgIpc) is 2.44. The van der Waals surface area contributed by atoms with Crippen molar-refractivity contribution in [2.45, 2.75) is 46.2 Å². The van der Waals surface area contributed by atoms with E-state index in [9.17, 15) is 13.2 Å². The van der Waals surface area contributed by atoms with Gasteiger partial charge >= 0.3 is 0 Å². The van der Waals surface area contributed by atoms with Gasteiger partial charge in [0.1, 0.15) is 6.04 Å². The fourth-order valence-electron chi connectivity index (χ4n) is 2.04. The minimum atomic E-state index is -3.43. The smallest absolute Gasteiger partial charge is 0.238 e. The van der Waals surface area contributed by atoms with Crippen molar-refractivity contribution in [1.82, 2.24) is 15.0 Å². The van der Waals surface area contributed by atoms with Crippen LogP contribution in [0, 0.1) is 5.92 Å². The van der Waals surface area contributed by atoms with E-state index in [1.165, 1.54) is 0 Å². The first-order valence-corrected chi connectivity index (χ1v) is 9.16. The van der Waals surface area contributed by atoms with Gasteiger partial charge in [-0.15, -0.1) is 0 Å². The van der Waals surface area contributed by atoms with Gasteiger partial charge in [0.15, 0.2) is 0 Å².